The van der Waals surface area contributed by atoms with E-state index in [0.29, 0.717) is 6.54 Å². The summed E-state index contributed by atoms with van der Waals surface area (Å²) >= 11 is 3.45. The van der Waals surface area contributed by atoms with Crippen LogP contribution in [-0.4, -0.2) is 10.4 Å². The molecule has 0 atom stereocenters. The number of halogens is 1. The zero-order chi connectivity index (χ0) is 14.8. The monoisotopic (exact) mass is 341 g/mol. The third-order valence-electron chi connectivity index (χ3n) is 3.74. The van der Waals surface area contributed by atoms with Gasteiger partial charge in [0.1, 0.15) is 0 Å². The lowest BCUT2D eigenvalue weighted by Gasteiger charge is -2.09. The molecule has 3 rings (SSSR count). The maximum atomic E-state index is 12.5. The van der Waals surface area contributed by atoms with Crippen LogP contribution in [0, 0.1) is 0 Å². The molecule has 0 fully saturated rings. The Hall–Kier alpha value is -1.87. The van der Waals surface area contributed by atoms with Crippen LogP contribution in [0.5, 0.6) is 0 Å². The lowest BCUT2D eigenvalue weighted by Crippen LogP contribution is -2.10. The molecule has 0 aliphatic heterocycles. The van der Waals surface area contributed by atoms with Crippen LogP contribution in [-0.2, 0) is 13.0 Å². The summed E-state index contributed by atoms with van der Waals surface area (Å²) in [5.41, 5.74) is 3.17. The first-order valence-electron chi connectivity index (χ1n) is 7.05. The van der Waals surface area contributed by atoms with E-state index in [1.807, 2.05) is 30.5 Å². The molecule has 0 saturated carbocycles. The number of fused-ring (bicyclic) bond motifs is 1. The highest BCUT2D eigenvalue weighted by Gasteiger charge is 2.12. The molecule has 0 bridgehead atoms. The Labute approximate surface area is 132 Å². The summed E-state index contributed by atoms with van der Waals surface area (Å²) in [5.74, 6) is 0.117. The highest BCUT2D eigenvalue weighted by Crippen LogP contribution is 2.22. The van der Waals surface area contributed by atoms with Crippen LogP contribution in [0.15, 0.2) is 59.2 Å². The Bertz CT molecular complexity index is 804. The van der Waals surface area contributed by atoms with Gasteiger partial charge in [-0.2, -0.15) is 0 Å². The van der Waals surface area contributed by atoms with Gasteiger partial charge in [0.2, 0.25) is 0 Å². The summed E-state index contributed by atoms with van der Waals surface area (Å²) in [6, 6.07) is 15.9. The number of rotatable bonds is 4. The maximum Gasteiger partial charge on any atom is 0.183 e. The molecule has 21 heavy (non-hydrogen) atoms. The Kier molecular flexibility index (Phi) is 3.93. The van der Waals surface area contributed by atoms with Crippen molar-refractivity contribution in [2.45, 2.75) is 19.9 Å². The lowest BCUT2D eigenvalue weighted by atomic mass is 10.1. The van der Waals surface area contributed by atoms with E-state index in [1.165, 1.54) is 16.5 Å². The molecule has 2 nitrogen and oxygen atoms in total. The summed E-state index contributed by atoms with van der Waals surface area (Å²) in [6.45, 7) is 2.50. The van der Waals surface area contributed by atoms with Crippen LogP contribution in [0.1, 0.15) is 22.8 Å². The molecule has 1 heterocycles. The van der Waals surface area contributed by atoms with Gasteiger partial charge in [-0.3, -0.25) is 4.79 Å². The molecule has 0 unspecified atom stereocenters. The van der Waals surface area contributed by atoms with Crippen molar-refractivity contribution < 1.29 is 4.79 Å². The van der Waals surface area contributed by atoms with E-state index in [4.69, 9.17) is 0 Å². The fraction of sp³-hybridized carbons (Fsp3) is 0.167. The average Bonchev–Trinajstić information content (AvgIpc) is 2.91. The molecule has 2 aromatic carbocycles. The molecule has 106 valence electrons. The summed E-state index contributed by atoms with van der Waals surface area (Å²) in [7, 11) is 0. The minimum Gasteiger partial charge on any atom is -0.339 e. The third-order valence-corrected chi connectivity index (χ3v) is 4.43. The van der Waals surface area contributed by atoms with Crippen LogP contribution in [0.4, 0.5) is 0 Å². The SMILES string of the molecule is CCc1cccc2ccn(CC(=O)c3ccccc3Br)c12. The molecule has 0 spiro atoms. The van der Waals surface area contributed by atoms with Crippen LogP contribution >= 0.6 is 15.9 Å². The van der Waals surface area contributed by atoms with Crippen LogP contribution in [0.2, 0.25) is 0 Å². The number of ketones is 1. The lowest BCUT2D eigenvalue weighted by molar-refractivity contribution is 0.0973. The number of hydrogen-bond acceptors (Lipinski definition) is 1. The van der Waals surface area contributed by atoms with Gasteiger partial charge in [-0.05, 0) is 29.5 Å². The number of benzene rings is 2. The number of carbonyl (C=O) groups excluding carboxylic acids is 1. The van der Waals surface area contributed by atoms with Gasteiger partial charge in [-0.15, -0.1) is 0 Å². The Morgan fingerprint density at radius 2 is 1.90 bits per heavy atom. The second kappa shape index (κ2) is 5.86. The molecule has 0 N–H and O–H groups in total. The Morgan fingerprint density at radius 1 is 1.10 bits per heavy atom. The van der Waals surface area contributed by atoms with E-state index in [9.17, 15) is 4.79 Å². The molecular weight excluding hydrogens is 326 g/mol. The van der Waals surface area contributed by atoms with Gasteiger partial charge < -0.3 is 4.57 Å². The van der Waals surface area contributed by atoms with Crippen molar-refractivity contribution in [3.63, 3.8) is 0 Å². The van der Waals surface area contributed by atoms with Gasteiger partial charge in [0.25, 0.3) is 0 Å². The third kappa shape index (κ3) is 2.66. The van der Waals surface area contributed by atoms with Crippen LogP contribution in [0.25, 0.3) is 10.9 Å². The highest BCUT2D eigenvalue weighted by molar-refractivity contribution is 9.10. The molecule has 0 amide bonds. The van der Waals surface area contributed by atoms with Crippen LogP contribution in [0.3, 0.4) is 0 Å². The summed E-state index contributed by atoms with van der Waals surface area (Å²) in [5, 5.41) is 1.19. The predicted molar refractivity (Wildman–Crippen MR) is 89.8 cm³/mol. The number of aromatic nitrogens is 1. The average molecular weight is 342 g/mol. The zero-order valence-corrected chi connectivity index (χ0v) is 13.4. The second-order valence-corrected chi connectivity index (χ2v) is 5.91. The van der Waals surface area contributed by atoms with E-state index in [0.717, 1.165) is 16.5 Å². The first-order chi connectivity index (χ1) is 10.2. The van der Waals surface area contributed by atoms with E-state index >= 15 is 0 Å². The maximum absolute atomic E-state index is 12.5. The molecule has 0 saturated heterocycles. The predicted octanol–water partition coefficient (Wildman–Crippen LogP) is 4.85. The van der Waals surface area contributed by atoms with Gasteiger partial charge in [-0.1, -0.05) is 59.3 Å². The van der Waals surface area contributed by atoms with E-state index in [2.05, 4.69) is 51.7 Å². The number of carbonyl (C=O) groups is 1. The number of aryl methyl sites for hydroxylation is 1. The number of hydrogen-bond donors (Lipinski definition) is 0. The van der Waals surface area contributed by atoms with Crippen LogP contribution < -0.4 is 0 Å². The standard InChI is InChI=1S/C18H16BrNO/c1-2-13-6-5-7-14-10-11-20(18(13)14)12-17(21)15-8-3-4-9-16(15)19/h3-11H,2,12H2,1H3. The minimum absolute atomic E-state index is 0.117. The molecule has 0 aliphatic rings. The van der Waals surface area contributed by atoms with E-state index < -0.39 is 0 Å². The Balaban J connectivity index is 1.99. The summed E-state index contributed by atoms with van der Waals surface area (Å²) in [6.07, 6.45) is 2.96. The van der Waals surface area contributed by atoms with Gasteiger partial charge >= 0.3 is 0 Å². The van der Waals surface area contributed by atoms with Gasteiger partial charge in [-0.25, -0.2) is 0 Å². The number of para-hydroxylation sites is 1. The molecule has 0 radical (unpaired) electrons. The van der Waals surface area contributed by atoms with Gasteiger partial charge in [0.05, 0.1) is 12.1 Å². The van der Waals surface area contributed by atoms with E-state index in [-0.39, 0.29) is 5.78 Å². The summed E-state index contributed by atoms with van der Waals surface area (Å²) in [4.78, 5) is 12.5. The highest BCUT2D eigenvalue weighted by atomic mass is 79.9. The molecule has 3 heteroatoms. The van der Waals surface area contributed by atoms with E-state index in [1.54, 1.807) is 0 Å². The second-order valence-electron chi connectivity index (χ2n) is 5.06. The molecule has 1 aromatic heterocycles. The smallest absolute Gasteiger partial charge is 0.183 e. The minimum atomic E-state index is 0.117. The van der Waals surface area contributed by atoms with Gasteiger partial charge in [0.15, 0.2) is 5.78 Å². The van der Waals surface area contributed by atoms with Crippen molar-refractivity contribution in [2.24, 2.45) is 0 Å². The molecular formula is C18H16BrNO. The topological polar surface area (TPSA) is 22.0 Å². The quantitative estimate of drug-likeness (QED) is 0.621. The van der Waals surface area contributed by atoms with Crippen molar-refractivity contribution in [3.05, 3.63) is 70.3 Å². The van der Waals surface area contributed by atoms with Gasteiger partial charge in [0, 0.05) is 16.2 Å². The van der Waals surface area contributed by atoms with Crippen molar-refractivity contribution >= 4 is 32.6 Å². The Morgan fingerprint density at radius 3 is 2.67 bits per heavy atom. The fourth-order valence-electron chi connectivity index (χ4n) is 2.69. The number of nitrogens with zero attached hydrogens (tertiary/aromatic N) is 1. The molecule has 3 aromatic rings. The van der Waals surface area contributed by atoms with Crippen molar-refractivity contribution in [1.82, 2.24) is 4.57 Å². The largest absolute Gasteiger partial charge is 0.339 e. The fourth-order valence-corrected chi connectivity index (χ4v) is 3.19. The first-order valence-corrected chi connectivity index (χ1v) is 7.84. The van der Waals surface area contributed by atoms with Crippen molar-refractivity contribution in [1.29, 1.82) is 0 Å². The van der Waals surface area contributed by atoms with Crippen molar-refractivity contribution in [3.8, 4) is 0 Å². The summed E-state index contributed by atoms with van der Waals surface area (Å²) < 4.78 is 2.90. The first kappa shape index (κ1) is 14.1. The normalized spacial score (nSPS) is 11.0. The molecule has 0 aliphatic carbocycles. The number of Topliss-reactive ketones (excluding diaryl/α,β-unsaturated/α-hetero) is 1. The van der Waals surface area contributed by atoms with Crippen molar-refractivity contribution in [2.75, 3.05) is 0 Å². The zero-order valence-electron chi connectivity index (χ0n) is 11.8.